The second-order valence-electron chi connectivity index (χ2n) is 5.81. The van der Waals surface area contributed by atoms with Crippen molar-refractivity contribution < 1.29 is 9.53 Å². The van der Waals surface area contributed by atoms with Gasteiger partial charge in [-0.15, -0.1) is 0 Å². The summed E-state index contributed by atoms with van der Waals surface area (Å²) in [6, 6.07) is 9.63. The molecule has 1 aliphatic rings. The fourth-order valence-electron chi connectivity index (χ4n) is 2.83. The molecule has 1 saturated heterocycles. The van der Waals surface area contributed by atoms with Crippen LogP contribution in [0.5, 0.6) is 5.88 Å². The second-order valence-corrected chi connectivity index (χ2v) is 7.04. The maximum absolute atomic E-state index is 11.6. The molecule has 1 aromatic carbocycles. The molecule has 0 unspecified atom stereocenters. The molecule has 0 radical (unpaired) electrons. The van der Waals surface area contributed by atoms with E-state index in [1.807, 2.05) is 35.2 Å². The van der Waals surface area contributed by atoms with E-state index < -0.39 is 0 Å². The third kappa shape index (κ3) is 4.14. The first-order chi connectivity index (χ1) is 12.1. The Bertz CT molecular complexity index is 785. The number of carbonyl (C=O) groups excluding carboxylic acids is 1. The lowest BCUT2D eigenvalue weighted by molar-refractivity contribution is -0.128. The molecular formula is C18H19BrClN3O2. The van der Waals surface area contributed by atoms with Crippen molar-refractivity contribution in [2.45, 2.75) is 19.4 Å². The zero-order valence-corrected chi connectivity index (χ0v) is 16.2. The number of amides is 1. The van der Waals surface area contributed by atoms with Crippen molar-refractivity contribution in [1.82, 2.24) is 15.2 Å². The van der Waals surface area contributed by atoms with Gasteiger partial charge in [-0.2, -0.15) is 0 Å². The van der Waals surface area contributed by atoms with E-state index in [0.29, 0.717) is 30.5 Å². The topological polar surface area (TPSA) is 54.5 Å². The van der Waals surface area contributed by atoms with Crippen LogP contribution in [0.4, 0.5) is 0 Å². The van der Waals surface area contributed by atoms with Gasteiger partial charge in [0.1, 0.15) is 0 Å². The van der Waals surface area contributed by atoms with E-state index in [4.69, 9.17) is 16.3 Å². The number of ether oxygens (including phenoxy) is 1. The number of methoxy groups -OCH3 is 1. The summed E-state index contributed by atoms with van der Waals surface area (Å²) in [6.45, 7) is 1.94. The molecule has 0 aliphatic carbocycles. The number of hydrogen-bond acceptors (Lipinski definition) is 4. The van der Waals surface area contributed by atoms with Crippen molar-refractivity contribution >= 4 is 33.4 Å². The highest BCUT2D eigenvalue weighted by Gasteiger charge is 2.19. The maximum atomic E-state index is 11.6. The van der Waals surface area contributed by atoms with E-state index in [1.54, 1.807) is 7.11 Å². The molecule has 0 bridgehead atoms. The number of benzene rings is 1. The smallest absolute Gasteiger partial charge is 0.223 e. The molecule has 25 heavy (non-hydrogen) atoms. The Morgan fingerprint density at radius 1 is 1.36 bits per heavy atom. The summed E-state index contributed by atoms with van der Waals surface area (Å²) < 4.78 is 6.26. The quantitative estimate of drug-likeness (QED) is 0.765. The van der Waals surface area contributed by atoms with Crippen molar-refractivity contribution in [2.75, 3.05) is 20.3 Å². The average molecular weight is 425 g/mol. The van der Waals surface area contributed by atoms with E-state index >= 15 is 0 Å². The van der Waals surface area contributed by atoms with Crippen molar-refractivity contribution in [3.63, 3.8) is 0 Å². The van der Waals surface area contributed by atoms with E-state index in [9.17, 15) is 4.79 Å². The van der Waals surface area contributed by atoms with Gasteiger partial charge in [-0.05, 0) is 34.5 Å². The minimum absolute atomic E-state index is 0.206. The Morgan fingerprint density at radius 3 is 2.92 bits per heavy atom. The summed E-state index contributed by atoms with van der Waals surface area (Å²) >= 11 is 9.79. The third-order valence-corrected chi connectivity index (χ3v) is 5.45. The molecule has 1 aliphatic heterocycles. The molecule has 0 saturated carbocycles. The summed E-state index contributed by atoms with van der Waals surface area (Å²) in [5.74, 6) is 0.756. The summed E-state index contributed by atoms with van der Waals surface area (Å²) in [5, 5.41) is 3.90. The number of halogens is 2. The van der Waals surface area contributed by atoms with Crippen LogP contribution in [0.3, 0.4) is 0 Å². The first kappa shape index (κ1) is 18.2. The number of nitrogens with zero attached hydrogens (tertiary/aromatic N) is 2. The lowest BCUT2D eigenvalue weighted by Crippen LogP contribution is -2.34. The molecular weight excluding hydrogens is 406 g/mol. The minimum Gasteiger partial charge on any atom is -0.481 e. The predicted molar refractivity (Wildman–Crippen MR) is 102 cm³/mol. The van der Waals surface area contributed by atoms with Gasteiger partial charge in [-0.1, -0.05) is 29.8 Å². The van der Waals surface area contributed by atoms with Crippen molar-refractivity contribution in [1.29, 1.82) is 0 Å². The van der Waals surface area contributed by atoms with Crippen LogP contribution >= 0.6 is 27.5 Å². The Labute approximate surface area is 160 Å². The second kappa shape index (κ2) is 8.17. The monoisotopic (exact) mass is 423 g/mol. The highest BCUT2D eigenvalue weighted by molar-refractivity contribution is 9.10. The van der Waals surface area contributed by atoms with Gasteiger partial charge in [0.2, 0.25) is 11.8 Å². The number of likely N-dealkylation sites (tertiary alicyclic amines) is 1. The normalized spacial score (nSPS) is 14.2. The van der Waals surface area contributed by atoms with Crippen LogP contribution in [0, 0.1) is 0 Å². The summed E-state index contributed by atoms with van der Waals surface area (Å²) in [5.41, 5.74) is 2.53. The molecule has 1 fully saturated rings. The van der Waals surface area contributed by atoms with Gasteiger partial charge >= 0.3 is 0 Å². The highest BCUT2D eigenvalue weighted by Crippen LogP contribution is 2.34. The third-order valence-electron chi connectivity index (χ3n) is 4.15. The van der Waals surface area contributed by atoms with Crippen LogP contribution in [0.25, 0.3) is 11.3 Å². The van der Waals surface area contributed by atoms with Crippen LogP contribution < -0.4 is 10.1 Å². The summed E-state index contributed by atoms with van der Waals surface area (Å²) in [4.78, 5) is 18.0. The fourth-order valence-corrected chi connectivity index (χ4v) is 3.42. The lowest BCUT2D eigenvalue weighted by Gasteiger charge is -2.17. The molecule has 2 heterocycles. The van der Waals surface area contributed by atoms with Gasteiger partial charge in [-0.25, -0.2) is 4.98 Å². The SMILES string of the molecule is COc1nc(-c2cccc(Br)c2Cl)ccc1CNCN1CCCC1=O. The van der Waals surface area contributed by atoms with Gasteiger partial charge in [0, 0.05) is 35.1 Å². The number of nitrogens with one attached hydrogen (secondary N) is 1. The van der Waals surface area contributed by atoms with Crippen molar-refractivity contribution in [3.8, 4) is 17.1 Å². The average Bonchev–Trinajstić information content (AvgIpc) is 3.03. The minimum atomic E-state index is 0.206. The first-order valence-corrected chi connectivity index (χ1v) is 9.24. The Hall–Kier alpha value is -1.63. The van der Waals surface area contributed by atoms with Gasteiger partial charge in [0.15, 0.2) is 0 Å². The fraction of sp³-hybridized carbons (Fsp3) is 0.333. The van der Waals surface area contributed by atoms with Gasteiger partial charge in [-0.3, -0.25) is 10.1 Å². The van der Waals surface area contributed by atoms with Crippen molar-refractivity contribution in [3.05, 3.63) is 45.4 Å². The van der Waals surface area contributed by atoms with Gasteiger partial charge in [0.05, 0.1) is 24.5 Å². The molecule has 5 nitrogen and oxygen atoms in total. The Balaban J connectivity index is 1.73. The number of aromatic nitrogens is 1. The Morgan fingerprint density at radius 2 is 2.20 bits per heavy atom. The highest BCUT2D eigenvalue weighted by atomic mass is 79.9. The van der Waals surface area contributed by atoms with E-state index in [2.05, 4.69) is 26.2 Å². The number of rotatable bonds is 6. The molecule has 0 spiro atoms. The van der Waals surface area contributed by atoms with Crippen LogP contribution in [-0.4, -0.2) is 36.1 Å². The summed E-state index contributed by atoms with van der Waals surface area (Å²) in [7, 11) is 1.60. The van der Waals surface area contributed by atoms with E-state index in [-0.39, 0.29) is 5.91 Å². The van der Waals surface area contributed by atoms with E-state index in [0.717, 1.165) is 34.3 Å². The number of hydrogen-bond donors (Lipinski definition) is 1. The first-order valence-electron chi connectivity index (χ1n) is 8.07. The molecule has 1 N–H and O–H groups in total. The van der Waals surface area contributed by atoms with Gasteiger partial charge < -0.3 is 9.64 Å². The molecule has 1 aromatic heterocycles. The Kier molecular flexibility index (Phi) is 5.93. The van der Waals surface area contributed by atoms with Gasteiger partial charge in [0.25, 0.3) is 0 Å². The maximum Gasteiger partial charge on any atom is 0.223 e. The summed E-state index contributed by atoms with van der Waals surface area (Å²) in [6.07, 6.45) is 1.59. The molecule has 7 heteroatoms. The van der Waals surface area contributed by atoms with Crippen LogP contribution in [0.15, 0.2) is 34.8 Å². The van der Waals surface area contributed by atoms with Crippen molar-refractivity contribution in [2.24, 2.45) is 0 Å². The molecule has 2 aromatic rings. The zero-order chi connectivity index (χ0) is 17.8. The standard InChI is InChI=1S/C18H19BrClN3O2/c1-25-18-12(10-21-11-23-9-3-6-16(23)24)7-8-15(22-18)13-4-2-5-14(19)17(13)20/h2,4-5,7-8,21H,3,6,9-11H2,1H3. The number of carbonyl (C=O) groups is 1. The van der Waals surface area contributed by atoms with Crippen LogP contribution in [0.2, 0.25) is 5.02 Å². The molecule has 132 valence electrons. The predicted octanol–water partition coefficient (Wildman–Crippen LogP) is 3.84. The number of pyridine rings is 1. The zero-order valence-electron chi connectivity index (χ0n) is 13.9. The van der Waals surface area contributed by atoms with Crippen LogP contribution in [-0.2, 0) is 11.3 Å². The van der Waals surface area contributed by atoms with Crippen LogP contribution in [0.1, 0.15) is 18.4 Å². The largest absolute Gasteiger partial charge is 0.481 e. The van der Waals surface area contributed by atoms with E-state index in [1.165, 1.54) is 0 Å². The molecule has 3 rings (SSSR count). The lowest BCUT2D eigenvalue weighted by atomic mass is 10.1. The molecule has 1 amide bonds. The molecule has 0 atom stereocenters.